The molecule has 1 aromatic rings. The highest BCUT2D eigenvalue weighted by atomic mass is 79.9. The van der Waals surface area contributed by atoms with Gasteiger partial charge in [-0.05, 0) is 25.3 Å². The topological polar surface area (TPSA) is 95.9 Å². The van der Waals surface area contributed by atoms with Gasteiger partial charge in [0.2, 0.25) is 11.8 Å². The van der Waals surface area contributed by atoms with E-state index in [1.165, 1.54) is 0 Å². The van der Waals surface area contributed by atoms with Crippen molar-refractivity contribution in [3.8, 4) is 0 Å². The normalized spacial score (nSPS) is 33.8. The molecule has 3 fully saturated rings. The second-order valence-corrected chi connectivity index (χ2v) is 11.3. The third-order valence-electron chi connectivity index (χ3n) is 6.92. The third kappa shape index (κ3) is 3.66. The van der Waals surface area contributed by atoms with Crippen LogP contribution in [0.3, 0.4) is 0 Å². The summed E-state index contributed by atoms with van der Waals surface area (Å²) >= 11 is 5.28. The summed E-state index contributed by atoms with van der Waals surface area (Å²) in [5.41, 5.74) is 0.964. The van der Waals surface area contributed by atoms with Crippen LogP contribution < -0.4 is 5.32 Å². The Labute approximate surface area is 200 Å². The summed E-state index contributed by atoms with van der Waals surface area (Å²) in [6.45, 7) is 4.00. The molecular formula is C23H29BrN2O5S. The minimum Gasteiger partial charge on any atom is -0.466 e. The van der Waals surface area contributed by atoms with E-state index >= 15 is 0 Å². The summed E-state index contributed by atoms with van der Waals surface area (Å²) < 4.78 is 4.61. The number of rotatable bonds is 8. The molecule has 3 saturated heterocycles. The molecule has 174 valence electrons. The fourth-order valence-corrected chi connectivity index (χ4v) is 9.15. The summed E-state index contributed by atoms with van der Waals surface area (Å²) in [4.78, 5) is 41.8. The number of amides is 2. The molecule has 7 atom stereocenters. The second-order valence-electron chi connectivity index (χ2n) is 8.61. The molecule has 3 heterocycles. The van der Waals surface area contributed by atoms with Gasteiger partial charge in [0.05, 0.1) is 35.8 Å². The minimum absolute atomic E-state index is 0.00420. The van der Waals surface area contributed by atoms with E-state index in [-0.39, 0.29) is 41.1 Å². The molecule has 9 heteroatoms. The lowest BCUT2D eigenvalue weighted by Crippen LogP contribution is -2.56. The number of aliphatic hydroxyl groups is 1. The predicted octanol–water partition coefficient (Wildman–Crippen LogP) is 2.10. The van der Waals surface area contributed by atoms with Gasteiger partial charge in [-0.25, -0.2) is 0 Å². The van der Waals surface area contributed by atoms with Crippen LogP contribution in [0.15, 0.2) is 30.3 Å². The number of ether oxygens (including phenoxy) is 1. The van der Waals surface area contributed by atoms with Gasteiger partial charge < -0.3 is 20.1 Å². The van der Waals surface area contributed by atoms with Crippen LogP contribution in [-0.2, 0) is 25.7 Å². The Morgan fingerprint density at radius 3 is 2.69 bits per heavy atom. The van der Waals surface area contributed by atoms with Crippen LogP contribution in [0, 0.1) is 11.8 Å². The number of carbonyl (C=O) groups excluding carboxylic acids is 3. The van der Waals surface area contributed by atoms with Crippen LogP contribution in [-0.4, -0.2) is 67.9 Å². The van der Waals surface area contributed by atoms with Gasteiger partial charge >= 0.3 is 5.97 Å². The van der Waals surface area contributed by atoms with Crippen LogP contribution in [0.5, 0.6) is 0 Å². The zero-order valence-corrected chi connectivity index (χ0v) is 20.6. The summed E-state index contributed by atoms with van der Waals surface area (Å²) in [5.74, 6) is -2.07. The number of alkyl halides is 1. The quantitative estimate of drug-likeness (QED) is 0.399. The van der Waals surface area contributed by atoms with Gasteiger partial charge in [-0.15, -0.1) is 11.8 Å². The lowest BCUT2D eigenvalue weighted by Gasteiger charge is -2.37. The molecule has 0 aliphatic carbocycles. The number of carbonyl (C=O) groups is 3. The Bertz CT molecular complexity index is 882. The molecule has 3 aliphatic rings. The monoisotopic (exact) mass is 524 g/mol. The van der Waals surface area contributed by atoms with Gasteiger partial charge in [-0.3, -0.25) is 14.4 Å². The average molecular weight is 525 g/mol. The van der Waals surface area contributed by atoms with E-state index in [0.29, 0.717) is 19.4 Å². The standard InChI is InChI=1S/C23H29BrN2O5S/c1-3-14(12-27)26-19(20(28)25-11-13-8-6-5-7-9-13)23-10-15(24)18(32-23)16(17(23)21(26)29)22(30)31-4-2/h5-9,14-19,27H,3-4,10-12H2,1-2H3,(H,25,28)/t14-,15?,16-,17-,18-,19?,23?/m0/s1. The second kappa shape index (κ2) is 9.35. The summed E-state index contributed by atoms with van der Waals surface area (Å²) in [6, 6.07) is 8.37. The predicted molar refractivity (Wildman–Crippen MR) is 125 cm³/mol. The minimum atomic E-state index is -0.754. The van der Waals surface area contributed by atoms with Crippen molar-refractivity contribution in [2.75, 3.05) is 13.2 Å². The van der Waals surface area contributed by atoms with E-state index in [2.05, 4.69) is 21.2 Å². The molecule has 0 aromatic heterocycles. The van der Waals surface area contributed by atoms with Crippen LogP contribution in [0.1, 0.15) is 32.3 Å². The van der Waals surface area contributed by atoms with Crippen LogP contribution in [0.4, 0.5) is 0 Å². The molecule has 32 heavy (non-hydrogen) atoms. The van der Waals surface area contributed by atoms with Gasteiger partial charge in [0.25, 0.3) is 0 Å². The number of thioether (sulfide) groups is 1. The van der Waals surface area contributed by atoms with Crippen LogP contribution in [0.2, 0.25) is 0 Å². The number of hydrogen-bond acceptors (Lipinski definition) is 6. The zero-order valence-electron chi connectivity index (χ0n) is 18.2. The van der Waals surface area contributed by atoms with Crippen LogP contribution >= 0.6 is 27.7 Å². The molecule has 0 radical (unpaired) electrons. The van der Waals surface area contributed by atoms with E-state index in [4.69, 9.17) is 4.74 Å². The highest BCUT2D eigenvalue weighted by Crippen LogP contribution is 2.68. The number of nitrogens with zero attached hydrogens (tertiary/aromatic N) is 1. The Kier molecular flexibility index (Phi) is 6.89. The van der Waals surface area contributed by atoms with Gasteiger partial charge in [-0.2, -0.15) is 0 Å². The van der Waals surface area contributed by atoms with Gasteiger partial charge in [0.1, 0.15) is 6.04 Å². The highest BCUT2D eigenvalue weighted by Gasteiger charge is 2.76. The molecule has 3 unspecified atom stereocenters. The number of esters is 1. The molecule has 3 aliphatic heterocycles. The fraction of sp³-hybridized carbons (Fsp3) is 0.609. The summed E-state index contributed by atoms with van der Waals surface area (Å²) in [6.07, 6.45) is 1.12. The average Bonchev–Trinajstić information content (AvgIpc) is 3.38. The molecule has 2 amide bonds. The Morgan fingerprint density at radius 2 is 2.06 bits per heavy atom. The smallest absolute Gasteiger partial charge is 0.310 e. The van der Waals surface area contributed by atoms with Crippen molar-refractivity contribution in [2.24, 2.45) is 11.8 Å². The van der Waals surface area contributed by atoms with Crippen molar-refractivity contribution >= 4 is 45.5 Å². The van der Waals surface area contributed by atoms with Crippen molar-refractivity contribution in [1.82, 2.24) is 10.2 Å². The van der Waals surface area contributed by atoms with E-state index in [0.717, 1.165) is 5.56 Å². The first-order chi connectivity index (χ1) is 15.4. The molecule has 1 aromatic carbocycles. The molecule has 2 N–H and O–H groups in total. The lowest BCUT2D eigenvalue weighted by atomic mass is 9.71. The van der Waals surface area contributed by atoms with Crippen molar-refractivity contribution in [1.29, 1.82) is 0 Å². The maximum Gasteiger partial charge on any atom is 0.310 e. The number of fused-ring (bicyclic) bond motifs is 1. The van der Waals surface area contributed by atoms with Gasteiger partial charge in [0.15, 0.2) is 0 Å². The van der Waals surface area contributed by atoms with Crippen molar-refractivity contribution in [3.05, 3.63) is 35.9 Å². The highest BCUT2D eigenvalue weighted by molar-refractivity contribution is 9.09. The molecule has 0 saturated carbocycles. The molecule has 7 nitrogen and oxygen atoms in total. The number of aliphatic hydroxyl groups excluding tert-OH is 1. The first kappa shape index (κ1) is 23.6. The van der Waals surface area contributed by atoms with Crippen molar-refractivity contribution in [2.45, 2.75) is 60.1 Å². The zero-order chi connectivity index (χ0) is 23.0. The van der Waals surface area contributed by atoms with Crippen molar-refractivity contribution in [3.63, 3.8) is 0 Å². The summed E-state index contributed by atoms with van der Waals surface area (Å²) in [7, 11) is 0. The Morgan fingerprint density at radius 1 is 1.34 bits per heavy atom. The maximum atomic E-state index is 13.7. The summed E-state index contributed by atoms with van der Waals surface area (Å²) in [5, 5.41) is 12.9. The molecule has 1 spiro atoms. The fourth-order valence-electron chi connectivity index (χ4n) is 5.56. The number of benzene rings is 1. The molecular weight excluding hydrogens is 496 g/mol. The van der Waals surface area contributed by atoms with E-state index in [9.17, 15) is 19.5 Å². The SMILES string of the molecule is CCOC(=O)[C@H]1[C@H]2C(=O)N([C@@H](CC)CO)C(C(=O)NCc3ccccc3)C23CC(Br)[C@@H]1S3. The number of nitrogens with one attached hydrogen (secondary N) is 1. The number of hydrogen-bond donors (Lipinski definition) is 2. The lowest BCUT2D eigenvalue weighted by molar-refractivity contribution is -0.154. The first-order valence-corrected chi connectivity index (χ1v) is 12.9. The van der Waals surface area contributed by atoms with Gasteiger partial charge in [0, 0.05) is 16.6 Å². The molecule has 4 rings (SSSR count). The first-order valence-electron chi connectivity index (χ1n) is 11.1. The number of likely N-dealkylation sites (tertiary alicyclic amines) is 1. The van der Waals surface area contributed by atoms with Crippen molar-refractivity contribution < 1.29 is 24.2 Å². The Hall–Kier alpha value is -1.58. The maximum absolute atomic E-state index is 13.7. The van der Waals surface area contributed by atoms with E-state index in [1.54, 1.807) is 23.6 Å². The van der Waals surface area contributed by atoms with E-state index in [1.807, 2.05) is 37.3 Å². The number of halogens is 1. The van der Waals surface area contributed by atoms with E-state index < -0.39 is 28.7 Å². The third-order valence-corrected chi connectivity index (χ3v) is 10.1. The Balaban J connectivity index is 1.70. The largest absolute Gasteiger partial charge is 0.466 e. The van der Waals surface area contributed by atoms with Gasteiger partial charge in [-0.1, -0.05) is 53.2 Å². The van der Waals surface area contributed by atoms with Crippen LogP contribution in [0.25, 0.3) is 0 Å². The molecule has 2 bridgehead atoms.